The monoisotopic (exact) mass is 355 g/mol. The molecule has 3 aromatic heterocycles. The van der Waals surface area contributed by atoms with Gasteiger partial charge in [0, 0.05) is 0 Å². The van der Waals surface area contributed by atoms with E-state index >= 15 is 0 Å². The van der Waals surface area contributed by atoms with Gasteiger partial charge in [0.15, 0.2) is 23.2 Å². The normalized spacial score (nSPS) is 11.4. The van der Waals surface area contributed by atoms with Gasteiger partial charge in [0.25, 0.3) is 0 Å². The Morgan fingerprint density at radius 3 is 1.65 bits per heavy atom. The molecule has 0 N–H and O–H groups in total. The van der Waals surface area contributed by atoms with Crippen LogP contribution in [-0.4, -0.2) is 27.3 Å². The highest BCUT2D eigenvalue weighted by molar-refractivity contribution is 5.79. The molecule has 0 amide bonds. The maximum atomic E-state index is 10.6. The minimum absolute atomic E-state index is 0.204. The van der Waals surface area contributed by atoms with Crippen molar-refractivity contribution in [2.75, 3.05) is 0 Å². The van der Waals surface area contributed by atoms with Gasteiger partial charge in [-0.05, 0) is 24.3 Å². The summed E-state index contributed by atoms with van der Waals surface area (Å²) in [6.45, 7) is 0. The molecular weight excluding hydrogens is 346 g/mol. The first kappa shape index (κ1) is 16.7. The van der Waals surface area contributed by atoms with Crippen molar-refractivity contribution < 1.29 is 18.7 Å². The zero-order valence-electron chi connectivity index (χ0n) is 12.9. The quantitative estimate of drug-likeness (QED) is 0.372. The van der Waals surface area contributed by atoms with E-state index in [9.17, 15) is 20.2 Å². The maximum absolute atomic E-state index is 10.6. The molecule has 0 unspecified atom stereocenters. The highest BCUT2D eigenvalue weighted by Gasteiger charge is 2.11. The minimum atomic E-state index is -0.649. The van der Waals surface area contributed by atoms with E-state index in [-0.39, 0.29) is 23.3 Å². The summed E-state index contributed by atoms with van der Waals surface area (Å²) in [5, 5.41) is 21.1. The molecule has 0 aliphatic rings. The Kier molecular flexibility index (Phi) is 4.60. The lowest BCUT2D eigenvalue weighted by Crippen LogP contribution is -1.83. The zero-order chi connectivity index (χ0) is 18.5. The lowest BCUT2D eigenvalue weighted by molar-refractivity contribution is -0.402. The van der Waals surface area contributed by atoms with Crippen LogP contribution in [-0.2, 0) is 0 Å². The fourth-order valence-electron chi connectivity index (χ4n) is 1.83. The van der Waals surface area contributed by atoms with E-state index in [1.54, 1.807) is 18.2 Å². The summed E-state index contributed by atoms with van der Waals surface area (Å²) in [7, 11) is 0. The fourth-order valence-corrected chi connectivity index (χ4v) is 1.83. The average molecular weight is 355 g/mol. The Morgan fingerprint density at radius 2 is 1.27 bits per heavy atom. The fraction of sp³-hybridized carbons (Fsp3) is 0. The predicted octanol–water partition coefficient (Wildman–Crippen LogP) is 3.59. The van der Waals surface area contributed by atoms with E-state index in [1.807, 2.05) is 0 Å². The molecule has 0 saturated heterocycles. The highest BCUT2D eigenvalue weighted by Crippen LogP contribution is 2.18. The van der Waals surface area contributed by atoms with Crippen LogP contribution in [0.2, 0.25) is 0 Å². The number of rotatable bonds is 6. The van der Waals surface area contributed by atoms with Gasteiger partial charge in [-0.1, -0.05) is 6.07 Å². The molecule has 0 bridgehead atoms. The van der Waals surface area contributed by atoms with E-state index in [0.717, 1.165) is 0 Å². The summed E-state index contributed by atoms with van der Waals surface area (Å²) in [5.74, 6) is 0.231. The van der Waals surface area contributed by atoms with Gasteiger partial charge >= 0.3 is 11.8 Å². The SMILES string of the molecule is O=[N+]([O-])c1ccc(C=Nc2cccc(/N=C/c3ccc([N+](=O)[O-])o3)n2)o1. The highest BCUT2D eigenvalue weighted by atomic mass is 16.7. The third-order valence-electron chi connectivity index (χ3n) is 2.95. The van der Waals surface area contributed by atoms with Crippen LogP contribution in [0.25, 0.3) is 0 Å². The van der Waals surface area contributed by atoms with Gasteiger partial charge in [-0.3, -0.25) is 20.2 Å². The molecule has 0 radical (unpaired) electrons. The number of furan rings is 2. The molecule has 3 aromatic rings. The van der Waals surface area contributed by atoms with Gasteiger partial charge in [0.05, 0.1) is 24.6 Å². The standard InChI is InChI=1S/C15H9N5O6/c21-19(22)14-6-4-10(25-14)8-16-12-2-1-3-13(18-12)17-9-11-5-7-15(26-11)20(23)24/h1-9H/b16-8+,17-9?. The van der Waals surface area contributed by atoms with Crippen molar-refractivity contribution in [1.29, 1.82) is 0 Å². The lowest BCUT2D eigenvalue weighted by Gasteiger charge is -1.94. The second-order valence-corrected chi connectivity index (χ2v) is 4.74. The summed E-state index contributed by atoms with van der Waals surface area (Å²) in [4.78, 5) is 32.1. The number of nitrogens with zero attached hydrogens (tertiary/aromatic N) is 5. The third kappa shape index (κ3) is 4.03. The van der Waals surface area contributed by atoms with Crippen LogP contribution in [0.4, 0.5) is 23.4 Å². The Hall–Kier alpha value is -4.15. The first-order valence-corrected chi connectivity index (χ1v) is 7.05. The number of aromatic nitrogens is 1. The lowest BCUT2D eigenvalue weighted by atomic mass is 10.4. The van der Waals surface area contributed by atoms with Crippen molar-refractivity contribution in [3.05, 3.63) is 74.2 Å². The molecule has 3 heterocycles. The summed E-state index contributed by atoms with van der Waals surface area (Å²) in [6, 6.07) is 10.1. The van der Waals surface area contributed by atoms with Gasteiger partial charge in [-0.2, -0.15) is 0 Å². The first-order chi connectivity index (χ1) is 12.5. The second-order valence-electron chi connectivity index (χ2n) is 4.74. The van der Waals surface area contributed by atoms with Crippen molar-refractivity contribution in [1.82, 2.24) is 4.98 Å². The molecule has 0 atom stereocenters. The summed E-state index contributed by atoms with van der Waals surface area (Å²) >= 11 is 0. The van der Waals surface area contributed by atoms with E-state index < -0.39 is 9.85 Å². The van der Waals surface area contributed by atoms with Crippen molar-refractivity contribution in [2.24, 2.45) is 9.98 Å². The molecule has 130 valence electrons. The maximum Gasteiger partial charge on any atom is 0.433 e. The van der Waals surface area contributed by atoms with Crippen LogP contribution in [0.3, 0.4) is 0 Å². The topological polar surface area (TPSA) is 150 Å². The average Bonchev–Trinajstić information content (AvgIpc) is 3.28. The Morgan fingerprint density at radius 1 is 0.808 bits per heavy atom. The van der Waals surface area contributed by atoms with Crippen LogP contribution in [0.1, 0.15) is 11.5 Å². The van der Waals surface area contributed by atoms with Gasteiger partial charge in [0.2, 0.25) is 0 Å². The van der Waals surface area contributed by atoms with Crippen molar-refractivity contribution in [2.45, 2.75) is 0 Å². The van der Waals surface area contributed by atoms with Gasteiger partial charge in [0.1, 0.15) is 9.85 Å². The summed E-state index contributed by atoms with van der Waals surface area (Å²) < 4.78 is 9.90. The summed E-state index contributed by atoms with van der Waals surface area (Å²) in [5.41, 5.74) is 0. The smallest absolute Gasteiger partial charge is 0.400 e. The molecule has 0 aliphatic heterocycles. The van der Waals surface area contributed by atoms with Crippen LogP contribution in [0.15, 0.2) is 61.3 Å². The van der Waals surface area contributed by atoms with Crippen LogP contribution >= 0.6 is 0 Å². The zero-order valence-corrected chi connectivity index (χ0v) is 12.9. The van der Waals surface area contributed by atoms with Gasteiger partial charge < -0.3 is 8.83 Å². The number of nitro groups is 2. The van der Waals surface area contributed by atoms with Crippen molar-refractivity contribution in [3.63, 3.8) is 0 Å². The molecule has 3 rings (SSSR count). The van der Waals surface area contributed by atoms with Crippen LogP contribution in [0, 0.1) is 20.2 Å². The van der Waals surface area contributed by atoms with Gasteiger partial charge in [-0.25, -0.2) is 15.0 Å². The Bertz CT molecular complexity index is 941. The van der Waals surface area contributed by atoms with E-state index in [1.165, 1.54) is 36.7 Å². The number of hydrogen-bond donors (Lipinski definition) is 0. The molecule has 11 nitrogen and oxygen atoms in total. The Balaban J connectivity index is 1.72. The number of pyridine rings is 1. The van der Waals surface area contributed by atoms with E-state index in [4.69, 9.17) is 8.83 Å². The third-order valence-corrected chi connectivity index (χ3v) is 2.95. The van der Waals surface area contributed by atoms with Crippen molar-refractivity contribution in [3.8, 4) is 0 Å². The number of aliphatic imine (C=N–C) groups is 2. The molecule has 0 aromatic carbocycles. The van der Waals surface area contributed by atoms with Crippen LogP contribution in [0.5, 0.6) is 0 Å². The predicted molar refractivity (Wildman–Crippen MR) is 89.5 cm³/mol. The summed E-state index contributed by atoms with van der Waals surface area (Å²) in [6.07, 6.45) is 2.58. The van der Waals surface area contributed by atoms with Gasteiger partial charge in [-0.15, -0.1) is 0 Å². The molecule has 0 saturated carbocycles. The van der Waals surface area contributed by atoms with E-state index in [2.05, 4.69) is 15.0 Å². The molecule has 26 heavy (non-hydrogen) atoms. The number of hydrogen-bond acceptors (Lipinski definition) is 9. The largest absolute Gasteiger partial charge is 0.433 e. The molecule has 0 fully saturated rings. The van der Waals surface area contributed by atoms with Crippen molar-refractivity contribution >= 4 is 35.8 Å². The van der Waals surface area contributed by atoms with Crippen LogP contribution < -0.4 is 0 Å². The molecule has 0 spiro atoms. The molecule has 0 aliphatic carbocycles. The van der Waals surface area contributed by atoms with E-state index in [0.29, 0.717) is 11.6 Å². The Labute approximate surface area is 144 Å². The molecule has 11 heteroatoms. The first-order valence-electron chi connectivity index (χ1n) is 7.05. The second kappa shape index (κ2) is 7.17. The minimum Gasteiger partial charge on any atom is -0.400 e. The molecular formula is C15H9N5O6.